The third kappa shape index (κ3) is 4.66. The van der Waals surface area contributed by atoms with E-state index in [1.54, 1.807) is 30.3 Å². The Morgan fingerprint density at radius 3 is 2.62 bits per heavy atom. The van der Waals surface area contributed by atoms with Crippen molar-refractivity contribution in [1.82, 2.24) is 19.5 Å². The first kappa shape index (κ1) is 22.1. The molecule has 1 saturated heterocycles. The van der Waals surface area contributed by atoms with E-state index in [1.807, 2.05) is 24.3 Å². The summed E-state index contributed by atoms with van der Waals surface area (Å²) in [5.74, 6) is -0.462. The molecule has 2 aromatic carbocycles. The zero-order chi connectivity index (χ0) is 23.5. The molecule has 1 aliphatic heterocycles. The molecule has 34 heavy (non-hydrogen) atoms. The lowest BCUT2D eigenvalue weighted by atomic mass is 10.1. The molecular formula is C25H23F2N5O2. The van der Waals surface area contributed by atoms with Gasteiger partial charge in [0.1, 0.15) is 11.3 Å². The van der Waals surface area contributed by atoms with E-state index in [1.165, 1.54) is 12.3 Å². The molecule has 7 nitrogen and oxygen atoms in total. The molecule has 1 N–H and O–H groups in total. The Morgan fingerprint density at radius 2 is 1.85 bits per heavy atom. The van der Waals surface area contributed by atoms with Crippen LogP contribution in [0.3, 0.4) is 0 Å². The summed E-state index contributed by atoms with van der Waals surface area (Å²) in [5, 5.41) is 6.89. The Balaban J connectivity index is 1.43. The summed E-state index contributed by atoms with van der Waals surface area (Å²) < 4.78 is 34.0. The Morgan fingerprint density at radius 1 is 1.06 bits per heavy atom. The van der Waals surface area contributed by atoms with Crippen molar-refractivity contribution in [2.45, 2.75) is 13.0 Å². The lowest BCUT2D eigenvalue weighted by Crippen LogP contribution is -2.35. The Bertz CT molecular complexity index is 1300. The van der Waals surface area contributed by atoms with Gasteiger partial charge < -0.3 is 10.1 Å². The first-order chi connectivity index (χ1) is 16.6. The zero-order valence-corrected chi connectivity index (χ0v) is 18.3. The number of alkyl halides is 2. The number of nitrogens with one attached hydrogen (secondary N) is 1. The van der Waals surface area contributed by atoms with Crippen LogP contribution in [0.25, 0.3) is 16.9 Å². The minimum atomic E-state index is -2.78. The van der Waals surface area contributed by atoms with Crippen LogP contribution in [-0.2, 0) is 11.3 Å². The minimum absolute atomic E-state index is 0.0821. The Kier molecular flexibility index (Phi) is 6.29. The van der Waals surface area contributed by atoms with Crippen molar-refractivity contribution in [1.29, 1.82) is 0 Å². The molecule has 1 aliphatic rings. The molecule has 5 rings (SSSR count). The first-order valence-corrected chi connectivity index (χ1v) is 11.0. The van der Waals surface area contributed by atoms with Gasteiger partial charge in [-0.05, 0) is 23.8 Å². The van der Waals surface area contributed by atoms with Crippen LogP contribution in [0.15, 0.2) is 66.9 Å². The quantitative estimate of drug-likeness (QED) is 0.458. The van der Waals surface area contributed by atoms with Crippen molar-refractivity contribution in [2.24, 2.45) is 0 Å². The van der Waals surface area contributed by atoms with Gasteiger partial charge in [-0.25, -0.2) is 18.3 Å². The largest absolute Gasteiger partial charge is 0.379 e. The number of hydrogen-bond acceptors (Lipinski definition) is 5. The molecule has 3 heterocycles. The van der Waals surface area contributed by atoms with Crippen molar-refractivity contribution in [3.8, 4) is 11.3 Å². The average Bonchev–Trinajstić information content (AvgIpc) is 3.29. The molecule has 0 atom stereocenters. The summed E-state index contributed by atoms with van der Waals surface area (Å²) in [7, 11) is 0. The number of halogens is 2. The van der Waals surface area contributed by atoms with Gasteiger partial charge in [-0.1, -0.05) is 42.5 Å². The number of nitrogens with zero attached hydrogens (tertiary/aromatic N) is 4. The number of carbonyl (C=O) groups is 1. The highest BCUT2D eigenvalue weighted by Crippen LogP contribution is 2.27. The number of carbonyl (C=O) groups excluding carboxylic acids is 1. The van der Waals surface area contributed by atoms with Gasteiger partial charge in [0.2, 0.25) is 0 Å². The van der Waals surface area contributed by atoms with E-state index in [4.69, 9.17) is 4.74 Å². The van der Waals surface area contributed by atoms with Crippen LogP contribution >= 0.6 is 0 Å². The number of fused-ring (bicyclic) bond motifs is 1. The summed E-state index contributed by atoms with van der Waals surface area (Å²) in [6, 6.07) is 17.9. The fourth-order valence-electron chi connectivity index (χ4n) is 4.02. The lowest BCUT2D eigenvalue weighted by Gasteiger charge is -2.26. The van der Waals surface area contributed by atoms with Crippen molar-refractivity contribution in [3.63, 3.8) is 0 Å². The number of amides is 1. The van der Waals surface area contributed by atoms with Gasteiger partial charge in [0.05, 0.1) is 25.1 Å². The predicted molar refractivity (Wildman–Crippen MR) is 124 cm³/mol. The van der Waals surface area contributed by atoms with Crippen LogP contribution in [0.1, 0.15) is 28.0 Å². The van der Waals surface area contributed by atoms with Gasteiger partial charge in [-0.2, -0.15) is 5.10 Å². The maximum absolute atomic E-state index is 13.8. The summed E-state index contributed by atoms with van der Waals surface area (Å²) in [5.41, 5.74) is 2.58. The number of hydrogen-bond donors (Lipinski definition) is 1. The van der Waals surface area contributed by atoms with Gasteiger partial charge in [-0.3, -0.25) is 9.69 Å². The number of aromatic nitrogens is 3. The maximum atomic E-state index is 13.8. The van der Waals surface area contributed by atoms with Crippen LogP contribution in [0.4, 0.5) is 14.5 Å². The lowest BCUT2D eigenvalue weighted by molar-refractivity contribution is 0.0342. The van der Waals surface area contributed by atoms with E-state index in [0.29, 0.717) is 30.2 Å². The number of ether oxygens (including phenoxy) is 1. The number of benzene rings is 2. The predicted octanol–water partition coefficient (Wildman–Crippen LogP) is 4.42. The molecule has 174 valence electrons. The van der Waals surface area contributed by atoms with Crippen LogP contribution in [0.5, 0.6) is 0 Å². The van der Waals surface area contributed by atoms with Crippen LogP contribution < -0.4 is 5.32 Å². The van der Waals surface area contributed by atoms with Crippen LogP contribution in [0.2, 0.25) is 0 Å². The highest BCUT2D eigenvalue weighted by molar-refractivity contribution is 6.08. The molecule has 0 aliphatic carbocycles. The van der Waals surface area contributed by atoms with E-state index in [-0.39, 0.29) is 16.9 Å². The van der Waals surface area contributed by atoms with E-state index < -0.39 is 12.3 Å². The fraction of sp³-hybridized carbons (Fsp3) is 0.240. The molecule has 9 heteroatoms. The SMILES string of the molecule is O=C(Nc1cccc(CN2CCOCC2)c1)c1cnn2c(C(F)F)cc(-c3ccccc3)nc12. The molecule has 0 bridgehead atoms. The summed E-state index contributed by atoms with van der Waals surface area (Å²) in [6.45, 7) is 3.90. The van der Waals surface area contributed by atoms with Crippen LogP contribution in [0, 0.1) is 0 Å². The Hall–Kier alpha value is -3.69. The third-order valence-corrected chi connectivity index (χ3v) is 5.73. The van der Waals surface area contributed by atoms with Crippen LogP contribution in [-0.4, -0.2) is 51.7 Å². The van der Waals surface area contributed by atoms with E-state index in [9.17, 15) is 13.6 Å². The van der Waals surface area contributed by atoms with Gasteiger partial charge in [0.15, 0.2) is 5.65 Å². The van der Waals surface area contributed by atoms with Crippen molar-refractivity contribution >= 4 is 17.2 Å². The molecular weight excluding hydrogens is 440 g/mol. The van der Waals surface area contributed by atoms with E-state index in [0.717, 1.165) is 29.7 Å². The van der Waals surface area contributed by atoms with E-state index in [2.05, 4.69) is 20.3 Å². The second-order valence-corrected chi connectivity index (χ2v) is 8.07. The Labute approximate surface area is 195 Å². The highest BCUT2D eigenvalue weighted by atomic mass is 19.3. The highest BCUT2D eigenvalue weighted by Gasteiger charge is 2.22. The zero-order valence-electron chi connectivity index (χ0n) is 18.3. The summed E-state index contributed by atoms with van der Waals surface area (Å²) in [4.78, 5) is 19.9. The molecule has 0 radical (unpaired) electrons. The molecule has 1 amide bonds. The molecule has 1 fully saturated rings. The first-order valence-electron chi connectivity index (χ1n) is 11.0. The third-order valence-electron chi connectivity index (χ3n) is 5.73. The average molecular weight is 463 g/mol. The second kappa shape index (κ2) is 9.66. The van der Waals surface area contributed by atoms with Gasteiger partial charge >= 0.3 is 0 Å². The monoisotopic (exact) mass is 463 g/mol. The van der Waals surface area contributed by atoms with Crippen molar-refractivity contribution in [2.75, 3.05) is 31.6 Å². The van der Waals surface area contributed by atoms with Crippen molar-refractivity contribution in [3.05, 3.63) is 83.7 Å². The molecule has 0 spiro atoms. The fourth-order valence-corrected chi connectivity index (χ4v) is 4.02. The minimum Gasteiger partial charge on any atom is -0.379 e. The van der Waals surface area contributed by atoms with Crippen molar-refractivity contribution < 1.29 is 18.3 Å². The molecule has 0 unspecified atom stereocenters. The number of rotatable bonds is 6. The second-order valence-electron chi connectivity index (χ2n) is 8.07. The topological polar surface area (TPSA) is 71.8 Å². The standard InChI is InChI=1S/C25H23F2N5O2/c26-23(27)22-14-21(18-6-2-1-3-7-18)30-24-20(15-28-32(22)24)25(33)29-19-8-4-5-17(13-19)16-31-9-11-34-12-10-31/h1-8,13-15,23H,9-12,16H2,(H,29,33). The molecule has 0 saturated carbocycles. The maximum Gasteiger partial charge on any atom is 0.280 e. The van der Waals surface area contributed by atoms with E-state index >= 15 is 0 Å². The van der Waals surface area contributed by atoms with Gasteiger partial charge in [0, 0.05) is 30.9 Å². The number of anilines is 1. The summed E-state index contributed by atoms with van der Waals surface area (Å²) >= 11 is 0. The van der Waals surface area contributed by atoms with Gasteiger partial charge in [-0.15, -0.1) is 0 Å². The molecule has 4 aromatic rings. The smallest absolute Gasteiger partial charge is 0.280 e. The summed E-state index contributed by atoms with van der Waals surface area (Å²) in [6.07, 6.45) is -1.50. The molecule has 2 aromatic heterocycles. The normalized spacial score (nSPS) is 14.6. The number of morpholine rings is 1. The van der Waals surface area contributed by atoms with Gasteiger partial charge in [0.25, 0.3) is 12.3 Å².